The fourth-order valence-electron chi connectivity index (χ4n) is 2.59. The van der Waals surface area contributed by atoms with Crippen LogP contribution in [0.3, 0.4) is 0 Å². The second-order valence-corrected chi connectivity index (χ2v) is 5.37. The van der Waals surface area contributed by atoms with E-state index in [2.05, 4.69) is 33.1 Å². The number of amides is 1. The molecule has 2 N–H and O–H groups in total. The quantitative estimate of drug-likeness (QED) is 0.879. The van der Waals surface area contributed by atoms with Gasteiger partial charge in [0, 0.05) is 17.6 Å². The molecule has 1 amide bonds. The molecule has 1 aliphatic heterocycles. The average molecular weight is 286 g/mol. The summed E-state index contributed by atoms with van der Waals surface area (Å²) in [6, 6.07) is 7.86. The van der Waals surface area contributed by atoms with Gasteiger partial charge in [0.15, 0.2) is 0 Å². The first-order valence-electron chi connectivity index (χ1n) is 7.10. The number of hydrogen-bond acceptors (Lipinski definition) is 5. The maximum Gasteiger partial charge on any atom is 0.227 e. The van der Waals surface area contributed by atoms with Gasteiger partial charge in [-0.25, -0.2) is 4.68 Å². The first-order valence-corrected chi connectivity index (χ1v) is 7.10. The molecule has 7 nitrogen and oxygen atoms in total. The number of carbonyl (C=O) groups is 1. The number of aromatic nitrogens is 4. The summed E-state index contributed by atoms with van der Waals surface area (Å²) in [6.07, 6.45) is 3.30. The van der Waals surface area contributed by atoms with Gasteiger partial charge in [0.1, 0.15) is 6.33 Å². The predicted octanol–water partition coefficient (Wildman–Crippen LogP) is 0.989. The Morgan fingerprint density at radius 3 is 2.86 bits per heavy atom. The Hall–Kier alpha value is -2.28. The van der Waals surface area contributed by atoms with Crippen molar-refractivity contribution in [1.82, 2.24) is 25.5 Å². The van der Waals surface area contributed by atoms with Crippen molar-refractivity contribution < 1.29 is 4.79 Å². The molecule has 21 heavy (non-hydrogen) atoms. The van der Waals surface area contributed by atoms with Crippen LogP contribution < -0.4 is 10.6 Å². The molecule has 1 aromatic heterocycles. The first kappa shape index (κ1) is 13.7. The molecule has 1 fully saturated rings. The largest absolute Gasteiger partial charge is 0.326 e. The molecule has 2 atom stereocenters. The summed E-state index contributed by atoms with van der Waals surface area (Å²) >= 11 is 0. The fourth-order valence-corrected chi connectivity index (χ4v) is 2.59. The monoisotopic (exact) mass is 286 g/mol. The molecule has 1 aliphatic rings. The van der Waals surface area contributed by atoms with E-state index in [4.69, 9.17) is 0 Å². The lowest BCUT2D eigenvalue weighted by Gasteiger charge is -2.27. The number of hydrogen-bond donors (Lipinski definition) is 2. The highest BCUT2D eigenvalue weighted by Crippen LogP contribution is 2.19. The maximum atomic E-state index is 12.3. The summed E-state index contributed by atoms with van der Waals surface area (Å²) in [7, 11) is 0. The van der Waals surface area contributed by atoms with Gasteiger partial charge in [0.25, 0.3) is 0 Å². The van der Waals surface area contributed by atoms with E-state index in [9.17, 15) is 4.79 Å². The zero-order valence-electron chi connectivity index (χ0n) is 11.9. The average Bonchev–Trinajstić information content (AvgIpc) is 3.02. The zero-order valence-corrected chi connectivity index (χ0v) is 11.9. The number of nitrogens with zero attached hydrogens (tertiary/aromatic N) is 4. The Labute approximate surface area is 122 Å². The van der Waals surface area contributed by atoms with Crippen molar-refractivity contribution in [1.29, 1.82) is 0 Å². The van der Waals surface area contributed by atoms with Crippen molar-refractivity contribution in [2.75, 3.05) is 11.9 Å². The van der Waals surface area contributed by atoms with Gasteiger partial charge in [-0.3, -0.25) is 4.79 Å². The van der Waals surface area contributed by atoms with Crippen LogP contribution in [0.4, 0.5) is 5.69 Å². The van der Waals surface area contributed by atoms with Crippen LogP contribution >= 0.6 is 0 Å². The second kappa shape index (κ2) is 6.01. The van der Waals surface area contributed by atoms with Crippen LogP contribution in [0.25, 0.3) is 5.69 Å². The van der Waals surface area contributed by atoms with Gasteiger partial charge in [-0.2, -0.15) is 0 Å². The van der Waals surface area contributed by atoms with Crippen LogP contribution in [0.1, 0.15) is 19.8 Å². The highest BCUT2D eigenvalue weighted by Gasteiger charge is 2.24. The fraction of sp³-hybridized carbons (Fsp3) is 0.429. The minimum absolute atomic E-state index is 0.0837. The van der Waals surface area contributed by atoms with E-state index in [1.54, 1.807) is 4.68 Å². The Kier molecular flexibility index (Phi) is 3.92. The van der Waals surface area contributed by atoms with E-state index in [-0.39, 0.29) is 11.8 Å². The minimum Gasteiger partial charge on any atom is -0.326 e. The molecule has 0 aliphatic carbocycles. The number of rotatable bonds is 3. The molecule has 2 unspecified atom stereocenters. The van der Waals surface area contributed by atoms with Gasteiger partial charge < -0.3 is 10.6 Å². The lowest BCUT2D eigenvalue weighted by Crippen LogP contribution is -2.40. The van der Waals surface area contributed by atoms with Crippen LogP contribution in [0, 0.1) is 5.92 Å². The van der Waals surface area contributed by atoms with Crippen molar-refractivity contribution in [3.63, 3.8) is 0 Å². The molecule has 2 heterocycles. The maximum absolute atomic E-state index is 12.3. The molecular weight excluding hydrogens is 268 g/mol. The summed E-state index contributed by atoms with van der Waals surface area (Å²) in [6.45, 7) is 3.01. The van der Waals surface area contributed by atoms with E-state index >= 15 is 0 Å². The highest BCUT2D eigenvalue weighted by atomic mass is 16.1. The third-order valence-electron chi connectivity index (χ3n) is 3.74. The third-order valence-corrected chi connectivity index (χ3v) is 3.74. The highest BCUT2D eigenvalue weighted by molar-refractivity contribution is 5.92. The number of tetrazole rings is 1. The van der Waals surface area contributed by atoms with Gasteiger partial charge in [-0.05, 0) is 61.0 Å². The van der Waals surface area contributed by atoms with E-state index in [1.807, 2.05) is 24.3 Å². The minimum atomic E-state index is 0.0837. The predicted molar refractivity (Wildman–Crippen MR) is 78.0 cm³/mol. The SMILES string of the molecule is CC1CC(C(=O)Nc2ccc(-n3cnnn3)cc2)CCN1. The van der Waals surface area contributed by atoms with Crippen LogP contribution in [0.15, 0.2) is 30.6 Å². The number of carbonyl (C=O) groups excluding carboxylic acids is 1. The molecule has 1 aromatic carbocycles. The summed E-state index contributed by atoms with van der Waals surface area (Å²) in [4.78, 5) is 12.3. The topological polar surface area (TPSA) is 84.7 Å². The summed E-state index contributed by atoms with van der Waals surface area (Å²) in [5.74, 6) is 0.180. The number of anilines is 1. The third kappa shape index (κ3) is 3.25. The molecular formula is C14H18N6O. The van der Waals surface area contributed by atoms with E-state index in [0.717, 1.165) is 30.8 Å². The molecule has 0 bridgehead atoms. The Balaban J connectivity index is 1.63. The Morgan fingerprint density at radius 2 is 2.19 bits per heavy atom. The van der Waals surface area contributed by atoms with Gasteiger partial charge in [-0.15, -0.1) is 5.10 Å². The van der Waals surface area contributed by atoms with Crippen molar-refractivity contribution in [2.24, 2.45) is 5.92 Å². The standard InChI is InChI=1S/C14H18N6O/c1-10-8-11(6-7-15-10)14(21)17-12-2-4-13(5-3-12)20-9-16-18-19-20/h2-5,9-11,15H,6-8H2,1H3,(H,17,21). The zero-order chi connectivity index (χ0) is 14.7. The van der Waals surface area contributed by atoms with Crippen LogP contribution in [0.2, 0.25) is 0 Å². The van der Waals surface area contributed by atoms with Gasteiger partial charge in [0.05, 0.1) is 5.69 Å². The van der Waals surface area contributed by atoms with Crippen molar-refractivity contribution >= 4 is 11.6 Å². The lowest BCUT2D eigenvalue weighted by molar-refractivity contribution is -0.120. The number of benzene rings is 1. The molecule has 0 saturated carbocycles. The molecule has 0 radical (unpaired) electrons. The molecule has 2 aromatic rings. The van der Waals surface area contributed by atoms with E-state index in [0.29, 0.717) is 6.04 Å². The normalized spacial score (nSPS) is 22.0. The molecule has 7 heteroatoms. The van der Waals surface area contributed by atoms with Gasteiger partial charge in [-0.1, -0.05) is 0 Å². The van der Waals surface area contributed by atoms with Crippen molar-refractivity contribution in [2.45, 2.75) is 25.8 Å². The number of nitrogens with one attached hydrogen (secondary N) is 2. The lowest BCUT2D eigenvalue weighted by atomic mass is 9.92. The number of piperidine rings is 1. The van der Waals surface area contributed by atoms with E-state index in [1.165, 1.54) is 6.33 Å². The van der Waals surface area contributed by atoms with Gasteiger partial charge in [0.2, 0.25) is 5.91 Å². The summed E-state index contributed by atoms with van der Waals surface area (Å²) in [5, 5.41) is 17.3. The molecule has 0 spiro atoms. The summed E-state index contributed by atoms with van der Waals surface area (Å²) < 4.78 is 1.57. The Morgan fingerprint density at radius 1 is 1.38 bits per heavy atom. The van der Waals surface area contributed by atoms with Crippen molar-refractivity contribution in [3.05, 3.63) is 30.6 Å². The first-order chi connectivity index (χ1) is 10.2. The van der Waals surface area contributed by atoms with E-state index < -0.39 is 0 Å². The molecule has 1 saturated heterocycles. The smallest absolute Gasteiger partial charge is 0.227 e. The Bertz CT molecular complexity index is 594. The second-order valence-electron chi connectivity index (χ2n) is 5.37. The van der Waals surface area contributed by atoms with Gasteiger partial charge >= 0.3 is 0 Å². The molecule has 3 rings (SSSR count). The molecule has 110 valence electrons. The van der Waals surface area contributed by atoms with Crippen LogP contribution in [-0.4, -0.2) is 38.7 Å². The van der Waals surface area contributed by atoms with Crippen molar-refractivity contribution in [3.8, 4) is 5.69 Å². The van der Waals surface area contributed by atoms with Crippen LogP contribution in [0.5, 0.6) is 0 Å². The summed E-state index contributed by atoms with van der Waals surface area (Å²) in [5.41, 5.74) is 1.65. The van der Waals surface area contributed by atoms with Crippen LogP contribution in [-0.2, 0) is 4.79 Å².